The third-order valence-electron chi connectivity index (χ3n) is 6.91. The van der Waals surface area contributed by atoms with Gasteiger partial charge in [-0.3, -0.25) is 19.4 Å². The largest absolute Gasteiger partial charge is 0.342 e. The molecule has 0 aromatic carbocycles. The Balaban J connectivity index is 1.43. The Labute approximate surface area is 256 Å². The van der Waals surface area contributed by atoms with Crippen molar-refractivity contribution >= 4 is 58.4 Å². The summed E-state index contributed by atoms with van der Waals surface area (Å²) in [5, 5.41) is 5.63. The van der Waals surface area contributed by atoms with E-state index in [0.717, 1.165) is 29.3 Å². The van der Waals surface area contributed by atoms with Crippen molar-refractivity contribution in [1.82, 2.24) is 20.2 Å². The fraction of sp³-hybridized carbons (Fsp3) is 0.393. The van der Waals surface area contributed by atoms with E-state index in [2.05, 4.69) is 30.2 Å². The maximum Gasteiger partial charge on any atom is 0.274 e. The molecule has 0 bridgehead atoms. The number of piperazine rings is 1. The highest BCUT2D eigenvalue weighted by molar-refractivity contribution is 7.13. The van der Waals surface area contributed by atoms with Crippen molar-refractivity contribution in [1.29, 1.82) is 0 Å². The van der Waals surface area contributed by atoms with Gasteiger partial charge in [-0.1, -0.05) is 24.6 Å². The summed E-state index contributed by atoms with van der Waals surface area (Å²) >= 11 is 6.95. The number of rotatable bonds is 8. The summed E-state index contributed by atoms with van der Waals surface area (Å²) in [4.78, 5) is 52.4. The number of aliphatic imine (C=N–C) groups is 1. The molecule has 2 aromatic rings. The molecule has 0 aliphatic carbocycles. The standard InChI is InChI=1S/C28H31ClF2N8O3S/c1-3-28(30,31)19-13-23(34-15-20(19)29)37-26(42)22-16-35-27(43-22)17(2)36-25(41)21-12-18(6-4-5-7-33-21)38-8-10-39(11-9-38)24(40)14-32/h4-5,7,12-13,15-17H,3,6,8-11,14,32H2,1-2H3,(H-,34,36,37,41,42)/p+1. The van der Waals surface area contributed by atoms with Gasteiger partial charge in [0.25, 0.3) is 17.7 Å². The quantitative estimate of drug-likeness (QED) is 0.381. The lowest BCUT2D eigenvalue weighted by atomic mass is 10.1. The lowest BCUT2D eigenvalue weighted by Gasteiger charge is -2.25. The van der Waals surface area contributed by atoms with E-state index in [1.54, 1.807) is 30.2 Å². The third-order valence-corrected chi connectivity index (χ3v) is 8.39. The number of aromatic nitrogens is 2. The SMILES string of the molecule is CCC(F)(F)c1cc(NC(=O)c2cnc(C(C)NC(=O)C3=CC(=[N+]4CCN(C(=O)CN)CC4)CC=CC=N3)s2)ncc1Cl. The molecule has 228 valence electrons. The predicted molar refractivity (Wildman–Crippen MR) is 161 cm³/mol. The molecule has 0 saturated carbocycles. The van der Waals surface area contributed by atoms with Crippen LogP contribution in [0.4, 0.5) is 14.6 Å². The molecule has 1 atom stereocenters. The van der Waals surface area contributed by atoms with Crippen LogP contribution in [0.2, 0.25) is 5.02 Å². The number of allylic oxidation sites excluding steroid dienone is 3. The molecule has 1 saturated heterocycles. The molecule has 1 fully saturated rings. The van der Waals surface area contributed by atoms with E-state index < -0.39 is 35.8 Å². The zero-order valence-electron chi connectivity index (χ0n) is 23.6. The molecule has 0 spiro atoms. The zero-order valence-corrected chi connectivity index (χ0v) is 25.2. The molecule has 15 heteroatoms. The number of anilines is 1. The number of carbonyl (C=O) groups excluding carboxylic acids is 3. The topological polar surface area (TPSA) is 146 Å². The second-order valence-electron chi connectivity index (χ2n) is 9.82. The van der Waals surface area contributed by atoms with Gasteiger partial charge >= 0.3 is 0 Å². The highest BCUT2D eigenvalue weighted by Crippen LogP contribution is 2.37. The fourth-order valence-corrected chi connectivity index (χ4v) is 5.48. The van der Waals surface area contributed by atoms with Crippen LogP contribution in [-0.4, -0.2) is 81.8 Å². The first-order chi connectivity index (χ1) is 20.5. The summed E-state index contributed by atoms with van der Waals surface area (Å²) in [7, 11) is 0. The lowest BCUT2D eigenvalue weighted by molar-refractivity contribution is -0.538. The van der Waals surface area contributed by atoms with Gasteiger partial charge in [0.2, 0.25) is 5.91 Å². The minimum Gasteiger partial charge on any atom is -0.342 e. The Bertz CT molecular complexity index is 1510. The summed E-state index contributed by atoms with van der Waals surface area (Å²) in [5.41, 5.74) is 6.16. The molecule has 2 aromatic heterocycles. The van der Waals surface area contributed by atoms with Crippen molar-refractivity contribution in [2.75, 3.05) is 38.0 Å². The lowest BCUT2D eigenvalue weighted by Crippen LogP contribution is -2.48. The van der Waals surface area contributed by atoms with Gasteiger partial charge in [0.1, 0.15) is 21.4 Å². The van der Waals surface area contributed by atoms with E-state index in [1.165, 1.54) is 13.1 Å². The second kappa shape index (κ2) is 14.1. The van der Waals surface area contributed by atoms with Gasteiger partial charge in [-0.25, -0.2) is 23.3 Å². The molecular formula is C28H32ClF2N8O3S+. The van der Waals surface area contributed by atoms with E-state index >= 15 is 0 Å². The number of nitrogens with two attached hydrogens (primary N) is 1. The summed E-state index contributed by atoms with van der Waals surface area (Å²) < 4.78 is 30.6. The molecule has 43 heavy (non-hydrogen) atoms. The van der Waals surface area contributed by atoms with Gasteiger partial charge in [0, 0.05) is 30.5 Å². The van der Waals surface area contributed by atoms with Crippen molar-refractivity contribution < 1.29 is 27.7 Å². The number of pyridine rings is 1. The average molecular weight is 634 g/mol. The summed E-state index contributed by atoms with van der Waals surface area (Å²) in [6, 6.07) is 0.492. The van der Waals surface area contributed by atoms with Crippen LogP contribution in [-0.2, 0) is 15.5 Å². The maximum absolute atomic E-state index is 14.2. The first-order valence-corrected chi connectivity index (χ1v) is 14.8. The molecule has 2 aliphatic heterocycles. The first kappa shape index (κ1) is 32.0. The van der Waals surface area contributed by atoms with Gasteiger partial charge in [0.05, 0.1) is 43.3 Å². The normalized spacial score (nSPS) is 16.3. The van der Waals surface area contributed by atoms with Crippen LogP contribution in [0.5, 0.6) is 0 Å². The smallest absolute Gasteiger partial charge is 0.274 e. The zero-order chi connectivity index (χ0) is 31.1. The van der Waals surface area contributed by atoms with E-state index in [9.17, 15) is 23.2 Å². The summed E-state index contributed by atoms with van der Waals surface area (Å²) in [6.07, 6.45) is 9.54. The monoisotopic (exact) mass is 633 g/mol. The van der Waals surface area contributed by atoms with Gasteiger partial charge < -0.3 is 21.3 Å². The number of thiazole rings is 1. The van der Waals surface area contributed by atoms with Crippen LogP contribution in [0.15, 0.2) is 47.4 Å². The number of halogens is 3. The minimum absolute atomic E-state index is 0.0252. The molecular weight excluding hydrogens is 602 g/mol. The van der Waals surface area contributed by atoms with Crippen molar-refractivity contribution in [2.24, 2.45) is 10.7 Å². The van der Waals surface area contributed by atoms with E-state index in [-0.39, 0.29) is 33.9 Å². The first-order valence-electron chi connectivity index (χ1n) is 13.6. The molecule has 1 unspecified atom stereocenters. The van der Waals surface area contributed by atoms with E-state index in [4.69, 9.17) is 17.3 Å². The highest BCUT2D eigenvalue weighted by Gasteiger charge is 2.32. The van der Waals surface area contributed by atoms with Crippen LogP contribution >= 0.6 is 22.9 Å². The van der Waals surface area contributed by atoms with Crippen LogP contribution < -0.4 is 16.4 Å². The van der Waals surface area contributed by atoms with Crippen LogP contribution in [0.1, 0.15) is 53.0 Å². The maximum atomic E-state index is 14.2. The molecule has 4 heterocycles. The Morgan fingerprint density at radius 1 is 1.21 bits per heavy atom. The van der Waals surface area contributed by atoms with Crippen LogP contribution in [0.3, 0.4) is 0 Å². The molecule has 2 aliphatic rings. The van der Waals surface area contributed by atoms with Gasteiger partial charge in [-0.15, -0.1) is 11.3 Å². The Morgan fingerprint density at radius 3 is 2.65 bits per heavy atom. The molecule has 4 rings (SSSR count). The third kappa shape index (κ3) is 7.94. The Kier molecular flexibility index (Phi) is 10.5. The van der Waals surface area contributed by atoms with Crippen molar-refractivity contribution in [3.05, 3.63) is 62.9 Å². The number of alkyl halides is 2. The van der Waals surface area contributed by atoms with Crippen molar-refractivity contribution in [2.45, 2.75) is 38.7 Å². The summed E-state index contributed by atoms with van der Waals surface area (Å²) in [6.45, 7) is 5.33. The average Bonchev–Trinajstić information content (AvgIpc) is 3.49. The fourth-order valence-electron chi connectivity index (χ4n) is 4.42. The highest BCUT2D eigenvalue weighted by atomic mass is 35.5. The van der Waals surface area contributed by atoms with Crippen LogP contribution in [0, 0.1) is 0 Å². The molecule has 0 radical (unpaired) electrons. The number of amides is 3. The minimum atomic E-state index is -3.17. The number of carbonyl (C=O) groups is 3. The van der Waals surface area contributed by atoms with Crippen molar-refractivity contribution in [3.63, 3.8) is 0 Å². The number of nitrogens with zero attached hydrogens (tertiary/aromatic N) is 5. The van der Waals surface area contributed by atoms with E-state index in [0.29, 0.717) is 37.6 Å². The molecule has 4 N–H and O–H groups in total. The van der Waals surface area contributed by atoms with Gasteiger partial charge in [-0.05, 0) is 19.1 Å². The van der Waals surface area contributed by atoms with Crippen LogP contribution in [0.25, 0.3) is 0 Å². The van der Waals surface area contributed by atoms with E-state index in [1.807, 2.05) is 6.08 Å². The number of hydrogen-bond donors (Lipinski definition) is 3. The van der Waals surface area contributed by atoms with Gasteiger partial charge in [0.15, 0.2) is 18.8 Å². The predicted octanol–water partition coefficient (Wildman–Crippen LogP) is 3.29. The Morgan fingerprint density at radius 2 is 1.95 bits per heavy atom. The molecule has 3 amide bonds. The number of hydrogen-bond acceptors (Lipinski definition) is 8. The second-order valence-corrected chi connectivity index (χ2v) is 11.3. The van der Waals surface area contributed by atoms with Gasteiger partial charge in [-0.2, -0.15) is 0 Å². The molecule has 11 nitrogen and oxygen atoms in total. The number of nitrogens with one attached hydrogen (secondary N) is 2. The van der Waals surface area contributed by atoms with Crippen molar-refractivity contribution in [3.8, 4) is 0 Å². The Hall–Kier alpha value is -3.88. The summed E-state index contributed by atoms with van der Waals surface area (Å²) in [5.74, 6) is -4.35.